The molecule has 0 heterocycles. The van der Waals surface area contributed by atoms with Crippen LogP contribution in [-0.2, 0) is 4.79 Å². The summed E-state index contributed by atoms with van der Waals surface area (Å²) in [5, 5.41) is 7.42. The van der Waals surface area contributed by atoms with Gasteiger partial charge in [0.05, 0.1) is 0 Å². The Balaban J connectivity index is 0.000000310. The van der Waals surface area contributed by atoms with Crippen LogP contribution in [0.1, 0.15) is 46.0 Å². The molecule has 0 bridgehead atoms. The molecular formula is C11H20O2. The van der Waals surface area contributed by atoms with Crippen LogP contribution in [0.4, 0.5) is 0 Å². The lowest BCUT2D eigenvalue weighted by Gasteiger charge is -2.17. The molecule has 1 fully saturated rings. The number of carboxylic acid groups (broad SMARTS) is 1. The minimum absolute atomic E-state index is 0.833. The van der Waals surface area contributed by atoms with Crippen LogP contribution in [0.5, 0.6) is 0 Å². The molecule has 0 spiro atoms. The number of allylic oxidation sites excluding steroid dienone is 2. The van der Waals surface area contributed by atoms with Gasteiger partial charge in [-0.2, -0.15) is 0 Å². The lowest BCUT2D eigenvalue weighted by molar-refractivity contribution is -0.134. The van der Waals surface area contributed by atoms with Crippen molar-refractivity contribution in [1.82, 2.24) is 0 Å². The van der Waals surface area contributed by atoms with Crippen molar-refractivity contribution in [3.05, 3.63) is 12.2 Å². The second-order valence-corrected chi connectivity index (χ2v) is 3.44. The fraction of sp³-hybridized carbons (Fsp3) is 0.727. The van der Waals surface area contributed by atoms with Gasteiger partial charge in [0, 0.05) is 6.92 Å². The van der Waals surface area contributed by atoms with E-state index in [1.54, 1.807) is 0 Å². The molecule has 0 aromatic carbocycles. The number of hydrogen-bond acceptors (Lipinski definition) is 1. The summed E-state index contributed by atoms with van der Waals surface area (Å²) in [5.41, 5.74) is 0. The smallest absolute Gasteiger partial charge is 0.300 e. The van der Waals surface area contributed by atoms with Crippen LogP contribution in [0, 0.1) is 5.92 Å². The maximum Gasteiger partial charge on any atom is 0.300 e. The van der Waals surface area contributed by atoms with Gasteiger partial charge in [-0.15, -0.1) is 0 Å². The third-order valence-corrected chi connectivity index (χ3v) is 2.11. The minimum Gasteiger partial charge on any atom is -0.481 e. The molecule has 13 heavy (non-hydrogen) atoms. The monoisotopic (exact) mass is 184 g/mol. The highest BCUT2D eigenvalue weighted by atomic mass is 16.4. The highest BCUT2D eigenvalue weighted by Crippen LogP contribution is 2.24. The number of rotatable bonds is 1. The summed E-state index contributed by atoms with van der Waals surface area (Å²) < 4.78 is 0. The average molecular weight is 184 g/mol. The lowest BCUT2D eigenvalue weighted by Crippen LogP contribution is -2.01. The summed E-state index contributed by atoms with van der Waals surface area (Å²) in [6.45, 7) is 3.20. The van der Waals surface area contributed by atoms with E-state index in [0.717, 1.165) is 12.8 Å². The molecule has 1 saturated carbocycles. The molecule has 0 amide bonds. The zero-order valence-electron chi connectivity index (χ0n) is 8.62. The molecule has 2 nitrogen and oxygen atoms in total. The predicted octanol–water partition coefficient (Wildman–Crippen LogP) is 3.23. The van der Waals surface area contributed by atoms with Crippen LogP contribution in [0.2, 0.25) is 0 Å². The van der Waals surface area contributed by atoms with Gasteiger partial charge in [-0.25, -0.2) is 0 Å². The normalized spacial score (nSPS) is 18.0. The third-order valence-electron chi connectivity index (χ3n) is 2.11. The van der Waals surface area contributed by atoms with Crippen molar-refractivity contribution in [3.63, 3.8) is 0 Å². The van der Waals surface area contributed by atoms with E-state index in [1.807, 2.05) is 0 Å². The summed E-state index contributed by atoms with van der Waals surface area (Å²) in [6, 6.07) is 0. The van der Waals surface area contributed by atoms with Crippen molar-refractivity contribution in [1.29, 1.82) is 0 Å². The SMILES string of the molecule is CC(=O)O.CC=CC1CCCCC1. The largest absolute Gasteiger partial charge is 0.481 e. The summed E-state index contributed by atoms with van der Waals surface area (Å²) >= 11 is 0. The molecule has 2 heteroatoms. The first-order valence-electron chi connectivity index (χ1n) is 4.99. The first kappa shape index (κ1) is 12.2. The van der Waals surface area contributed by atoms with Crippen molar-refractivity contribution in [2.75, 3.05) is 0 Å². The van der Waals surface area contributed by atoms with Crippen molar-refractivity contribution in [2.45, 2.75) is 46.0 Å². The molecule has 76 valence electrons. The molecule has 0 aromatic rings. The Morgan fingerprint density at radius 3 is 2.15 bits per heavy atom. The van der Waals surface area contributed by atoms with Gasteiger partial charge in [0.15, 0.2) is 0 Å². The van der Waals surface area contributed by atoms with Crippen molar-refractivity contribution >= 4 is 5.97 Å². The molecule has 0 unspecified atom stereocenters. The average Bonchev–Trinajstić information content (AvgIpc) is 2.06. The second-order valence-electron chi connectivity index (χ2n) is 3.44. The van der Waals surface area contributed by atoms with Gasteiger partial charge in [-0.05, 0) is 25.7 Å². The lowest BCUT2D eigenvalue weighted by atomic mass is 9.89. The Bertz CT molecular complexity index is 151. The van der Waals surface area contributed by atoms with Crippen LogP contribution >= 0.6 is 0 Å². The maximum absolute atomic E-state index is 9.00. The molecule has 1 aliphatic rings. The van der Waals surface area contributed by atoms with Crippen LogP contribution in [0.15, 0.2) is 12.2 Å². The molecule has 0 radical (unpaired) electrons. The Hall–Kier alpha value is -0.790. The van der Waals surface area contributed by atoms with E-state index in [2.05, 4.69) is 19.1 Å². The maximum atomic E-state index is 9.00. The highest BCUT2D eigenvalue weighted by molar-refractivity contribution is 5.62. The van der Waals surface area contributed by atoms with E-state index < -0.39 is 5.97 Å². The van der Waals surface area contributed by atoms with Gasteiger partial charge in [0.2, 0.25) is 0 Å². The van der Waals surface area contributed by atoms with E-state index in [9.17, 15) is 0 Å². The Morgan fingerprint density at radius 1 is 1.31 bits per heavy atom. The minimum atomic E-state index is -0.833. The molecular weight excluding hydrogens is 164 g/mol. The van der Waals surface area contributed by atoms with E-state index in [-0.39, 0.29) is 0 Å². The van der Waals surface area contributed by atoms with E-state index in [4.69, 9.17) is 9.90 Å². The first-order chi connectivity index (χ1) is 6.16. The van der Waals surface area contributed by atoms with Gasteiger partial charge in [-0.1, -0.05) is 31.4 Å². The summed E-state index contributed by atoms with van der Waals surface area (Å²) in [6.07, 6.45) is 11.8. The highest BCUT2D eigenvalue weighted by Gasteiger charge is 2.08. The van der Waals surface area contributed by atoms with Crippen LogP contribution in [0.25, 0.3) is 0 Å². The van der Waals surface area contributed by atoms with Crippen molar-refractivity contribution < 1.29 is 9.90 Å². The quantitative estimate of drug-likeness (QED) is 0.635. The standard InChI is InChI=1S/C9H16.C2H4O2/c1-2-6-9-7-4-3-5-8-9;1-2(3)4/h2,6,9H,3-5,7-8H2,1H3;1H3,(H,3,4). The zero-order valence-corrected chi connectivity index (χ0v) is 8.62. The van der Waals surface area contributed by atoms with Crippen molar-refractivity contribution in [2.24, 2.45) is 5.92 Å². The van der Waals surface area contributed by atoms with Gasteiger partial charge < -0.3 is 5.11 Å². The molecule has 1 aliphatic carbocycles. The Labute approximate surface area is 80.7 Å². The Kier molecular flexibility index (Phi) is 7.36. The van der Waals surface area contributed by atoms with Gasteiger partial charge in [-0.3, -0.25) is 4.79 Å². The number of carboxylic acids is 1. The second kappa shape index (κ2) is 7.84. The van der Waals surface area contributed by atoms with Crippen LogP contribution in [0.3, 0.4) is 0 Å². The van der Waals surface area contributed by atoms with Crippen LogP contribution in [-0.4, -0.2) is 11.1 Å². The Morgan fingerprint density at radius 2 is 1.77 bits per heavy atom. The topological polar surface area (TPSA) is 37.3 Å². The molecule has 0 aliphatic heterocycles. The first-order valence-corrected chi connectivity index (χ1v) is 4.99. The van der Waals surface area contributed by atoms with E-state index in [0.29, 0.717) is 0 Å². The number of hydrogen-bond donors (Lipinski definition) is 1. The fourth-order valence-electron chi connectivity index (χ4n) is 1.60. The zero-order chi connectivity index (χ0) is 10.1. The molecule has 1 rings (SSSR count). The summed E-state index contributed by atoms with van der Waals surface area (Å²) in [7, 11) is 0. The molecule has 0 atom stereocenters. The van der Waals surface area contributed by atoms with Gasteiger partial charge >= 0.3 is 0 Å². The molecule has 0 saturated heterocycles. The summed E-state index contributed by atoms with van der Waals surface area (Å²) in [5.74, 6) is 0.0868. The molecule has 1 N–H and O–H groups in total. The van der Waals surface area contributed by atoms with Crippen LogP contribution < -0.4 is 0 Å². The fourth-order valence-corrected chi connectivity index (χ4v) is 1.60. The van der Waals surface area contributed by atoms with Gasteiger partial charge in [0.1, 0.15) is 0 Å². The van der Waals surface area contributed by atoms with Crippen molar-refractivity contribution in [3.8, 4) is 0 Å². The van der Waals surface area contributed by atoms with E-state index in [1.165, 1.54) is 32.1 Å². The predicted molar refractivity (Wildman–Crippen MR) is 54.7 cm³/mol. The molecule has 0 aromatic heterocycles. The number of aliphatic carboxylic acids is 1. The number of carbonyl (C=O) groups is 1. The van der Waals surface area contributed by atoms with E-state index >= 15 is 0 Å². The summed E-state index contributed by atoms with van der Waals surface area (Å²) in [4.78, 5) is 9.00. The van der Waals surface area contributed by atoms with Gasteiger partial charge in [0.25, 0.3) is 5.97 Å². The third kappa shape index (κ3) is 9.12.